The number of quaternary nitrogens is 1. The lowest BCUT2D eigenvalue weighted by Crippen LogP contribution is -2.87. The largest absolute Gasteiger partial charge is 0.468 e. The van der Waals surface area contributed by atoms with Crippen molar-refractivity contribution in [3.63, 3.8) is 0 Å². The third kappa shape index (κ3) is 11.0. The second-order valence-electron chi connectivity index (χ2n) is 16.1. The van der Waals surface area contributed by atoms with Gasteiger partial charge in [0.2, 0.25) is 6.04 Å². The Balaban J connectivity index is 1.69. The fourth-order valence-corrected chi connectivity index (χ4v) is 8.04. The van der Waals surface area contributed by atoms with Gasteiger partial charge in [-0.2, -0.15) is 10.1 Å². The number of urea groups is 1. The van der Waals surface area contributed by atoms with E-state index in [1.54, 1.807) is 0 Å². The number of nitrogens with zero attached hydrogens (tertiary/aromatic N) is 3. The fourth-order valence-electron chi connectivity index (χ4n) is 8.04. The van der Waals surface area contributed by atoms with Crippen LogP contribution in [0.15, 0.2) is 65.8 Å². The van der Waals surface area contributed by atoms with Crippen molar-refractivity contribution in [3.05, 3.63) is 71.8 Å². The van der Waals surface area contributed by atoms with Crippen LogP contribution < -0.4 is 32.4 Å². The van der Waals surface area contributed by atoms with Gasteiger partial charge in [0.1, 0.15) is 24.6 Å². The first kappa shape index (κ1) is 47.2. The van der Waals surface area contributed by atoms with Crippen molar-refractivity contribution >= 4 is 47.1 Å². The summed E-state index contributed by atoms with van der Waals surface area (Å²) in [7, 11) is 1.17. The number of carbonyl (C=O) groups is 7. The Kier molecular flexibility index (Phi) is 17.0. The molecule has 17 heteroatoms. The van der Waals surface area contributed by atoms with Crippen LogP contribution in [0.4, 0.5) is 4.79 Å². The number of hydrogen-bond donors (Lipinski definition) is 6. The number of nitrogens with one attached hydrogen (secondary N) is 5. The summed E-state index contributed by atoms with van der Waals surface area (Å²) in [6.45, 7) is 10.8. The highest BCUT2D eigenvalue weighted by Gasteiger charge is 2.73. The van der Waals surface area contributed by atoms with Gasteiger partial charge in [-0.25, -0.2) is 15.0 Å². The van der Waals surface area contributed by atoms with Crippen molar-refractivity contribution in [2.45, 2.75) is 97.4 Å². The zero-order valence-electron chi connectivity index (χ0n) is 35.7. The summed E-state index contributed by atoms with van der Waals surface area (Å²) in [6.07, 6.45) is 1.01. The normalized spacial score (nSPS) is 21.1. The predicted octanol–water partition coefficient (Wildman–Crippen LogP) is 2.07. The monoisotopic (exact) mass is 832 g/mol. The van der Waals surface area contributed by atoms with Gasteiger partial charge in [0.25, 0.3) is 17.7 Å². The second kappa shape index (κ2) is 21.7. The highest BCUT2D eigenvalue weighted by molar-refractivity contribution is 6.41. The van der Waals surface area contributed by atoms with Gasteiger partial charge < -0.3 is 31.7 Å². The molecule has 0 aliphatic carbocycles. The molecule has 1 spiro atoms. The second-order valence-corrected chi connectivity index (χ2v) is 16.1. The molecule has 2 saturated heterocycles. The first-order valence-corrected chi connectivity index (χ1v) is 20.7. The summed E-state index contributed by atoms with van der Waals surface area (Å²) in [5.41, 5.74) is 9.88. The number of Topliss-reactive ketones (excluding diaryl/α,β-unsaturated/α-hetero) is 1. The Labute approximate surface area is 352 Å². The number of benzene rings is 2. The number of ketones is 1. The van der Waals surface area contributed by atoms with Crippen molar-refractivity contribution in [3.8, 4) is 0 Å². The number of ether oxygens (including phenoxy) is 1. The molecule has 2 aromatic rings. The van der Waals surface area contributed by atoms with E-state index in [2.05, 4.69) is 31.8 Å². The van der Waals surface area contributed by atoms with Crippen LogP contribution in [0.2, 0.25) is 0 Å². The van der Waals surface area contributed by atoms with Gasteiger partial charge >= 0.3 is 17.9 Å². The van der Waals surface area contributed by atoms with Gasteiger partial charge in [-0.05, 0) is 36.3 Å². The molecule has 0 aromatic heterocycles. The standard InChI is InChI=1S/C43H61N9O8/c1-8-15-32(37(40(56)46-24-34(54)60-7)49-50-43(59)48-36(30-16-11-9-12-17-30)31-18-13-10-14-19-31)47-39(55)33-22-29(23-44)25-52(33)42(58)38(27(4)5)51(52)41(57)35(26(2)3)45-21-20-28(6)53/h9-14,16-19,26-27,29,32-33,35-36,38,45H,8,15,20-25,44H2,1-7H3,(H3-,46,47,48,50,55,56,59)/p+1/t29?,32?,33-,35-,38-,52?/m0/s1. The quantitative estimate of drug-likeness (QED) is 0.0493. The SMILES string of the molecule is CCCC(NC(=O)[C@@H]1CC(CN)C[N+]12C(=O)[C@H](C(C)C)N2C(=O)[C@@H](NCCC(C)=O)C(C)C)C(=NNC(=O)NC(c1ccccc1)c1ccccc1)C(=O)NCC(=O)OC. The summed E-state index contributed by atoms with van der Waals surface area (Å²) in [4.78, 5) is 94.9. The van der Waals surface area contributed by atoms with Crippen LogP contribution in [-0.4, -0.2) is 114 Å². The molecule has 326 valence electrons. The van der Waals surface area contributed by atoms with E-state index in [0.29, 0.717) is 6.42 Å². The molecule has 6 amide bonds. The van der Waals surface area contributed by atoms with E-state index in [1.807, 2.05) is 95.3 Å². The van der Waals surface area contributed by atoms with Gasteiger partial charge in [0.15, 0.2) is 6.04 Å². The highest BCUT2D eigenvalue weighted by Crippen LogP contribution is 2.45. The Morgan fingerprint density at radius 3 is 2.08 bits per heavy atom. The summed E-state index contributed by atoms with van der Waals surface area (Å²) in [5, 5.41) is 17.3. The van der Waals surface area contributed by atoms with Crippen LogP contribution in [0.3, 0.4) is 0 Å². The number of methoxy groups -OCH3 is 1. The Hall–Kier alpha value is -5.52. The summed E-state index contributed by atoms with van der Waals surface area (Å²) in [6, 6.07) is 13.4. The fraction of sp³-hybridized carbons (Fsp3) is 0.535. The van der Waals surface area contributed by atoms with Crippen LogP contribution in [0.5, 0.6) is 0 Å². The summed E-state index contributed by atoms with van der Waals surface area (Å²) >= 11 is 0. The lowest BCUT2D eigenvalue weighted by molar-refractivity contribution is -0.997. The van der Waals surface area contributed by atoms with E-state index < -0.39 is 65.2 Å². The minimum Gasteiger partial charge on any atom is -0.468 e. The number of nitrogens with two attached hydrogens (primary N) is 1. The van der Waals surface area contributed by atoms with Gasteiger partial charge in [0.05, 0.1) is 25.2 Å². The van der Waals surface area contributed by atoms with Crippen molar-refractivity contribution in [1.29, 1.82) is 0 Å². The average Bonchev–Trinajstić information content (AvgIpc) is 3.65. The molecular weight excluding hydrogens is 771 g/mol. The van der Waals surface area contributed by atoms with Crippen LogP contribution >= 0.6 is 0 Å². The maximum absolute atomic E-state index is 14.7. The minimum atomic E-state index is -1.12. The van der Waals surface area contributed by atoms with Crippen LogP contribution in [0.1, 0.15) is 84.4 Å². The van der Waals surface area contributed by atoms with Crippen molar-refractivity contribution in [1.82, 2.24) is 31.7 Å². The molecule has 2 aromatic carbocycles. The Morgan fingerprint density at radius 2 is 1.57 bits per heavy atom. The number of amides is 6. The summed E-state index contributed by atoms with van der Waals surface area (Å²) in [5.74, 6) is -3.70. The molecule has 4 rings (SSSR count). The van der Waals surface area contributed by atoms with E-state index in [1.165, 1.54) is 19.0 Å². The predicted molar refractivity (Wildman–Crippen MR) is 224 cm³/mol. The first-order valence-electron chi connectivity index (χ1n) is 20.7. The molecular formula is C43H62N9O8+. The molecule has 6 atom stereocenters. The van der Waals surface area contributed by atoms with Crippen LogP contribution in [0.25, 0.3) is 0 Å². The van der Waals surface area contributed by atoms with Gasteiger partial charge in [-0.15, -0.1) is 4.59 Å². The molecule has 0 saturated carbocycles. The molecule has 2 fully saturated rings. The van der Waals surface area contributed by atoms with Crippen molar-refractivity contribution in [2.75, 3.05) is 33.3 Å². The third-order valence-corrected chi connectivity index (χ3v) is 11.1. The summed E-state index contributed by atoms with van der Waals surface area (Å²) < 4.78 is 4.14. The van der Waals surface area contributed by atoms with E-state index in [4.69, 9.17) is 10.5 Å². The smallest absolute Gasteiger partial charge is 0.367 e. The zero-order chi connectivity index (χ0) is 44.1. The average molecular weight is 833 g/mol. The van der Waals surface area contributed by atoms with E-state index in [0.717, 1.165) is 11.1 Å². The molecule has 0 radical (unpaired) electrons. The van der Waals surface area contributed by atoms with E-state index >= 15 is 0 Å². The van der Waals surface area contributed by atoms with Crippen LogP contribution in [-0.2, 0) is 33.5 Å². The Morgan fingerprint density at radius 1 is 0.950 bits per heavy atom. The molecule has 2 heterocycles. The molecule has 0 bridgehead atoms. The number of hydrazone groups is 1. The molecule has 60 heavy (non-hydrogen) atoms. The number of hydrogen-bond acceptors (Lipinski definition) is 11. The van der Waals surface area contributed by atoms with Crippen molar-refractivity contribution < 1.29 is 42.9 Å². The minimum absolute atomic E-state index is 0.0369. The van der Waals surface area contributed by atoms with Crippen molar-refractivity contribution in [2.24, 2.45) is 28.6 Å². The topological polar surface area (TPSA) is 230 Å². The lowest BCUT2D eigenvalue weighted by atomic mass is 9.92. The Bertz CT molecular complexity index is 1840. The first-order chi connectivity index (χ1) is 28.6. The molecule has 17 nitrogen and oxygen atoms in total. The number of rotatable bonds is 20. The number of esters is 1. The molecule has 7 N–H and O–H groups in total. The van der Waals surface area contributed by atoms with Crippen LogP contribution in [0, 0.1) is 17.8 Å². The van der Waals surface area contributed by atoms with Gasteiger partial charge in [-0.3, -0.25) is 24.0 Å². The lowest BCUT2D eigenvalue weighted by Gasteiger charge is -2.57. The van der Waals surface area contributed by atoms with Gasteiger partial charge in [0, 0.05) is 31.8 Å². The van der Waals surface area contributed by atoms with E-state index in [-0.39, 0.29) is 80.0 Å². The zero-order valence-corrected chi connectivity index (χ0v) is 35.7. The van der Waals surface area contributed by atoms with E-state index in [9.17, 15) is 33.6 Å². The molecule has 2 aliphatic heterocycles. The molecule has 2 aliphatic rings. The maximum atomic E-state index is 14.7. The molecule has 3 unspecified atom stereocenters. The maximum Gasteiger partial charge on any atom is 0.367 e. The van der Waals surface area contributed by atoms with Gasteiger partial charge in [-0.1, -0.05) is 102 Å². The number of carbonyl (C=O) groups excluding carboxylic acids is 7. The highest BCUT2D eigenvalue weighted by atomic mass is 16.5. The third-order valence-electron chi connectivity index (χ3n) is 11.1.